The molecule has 3 heterocycles. The third kappa shape index (κ3) is 3.55. The second-order valence-electron chi connectivity index (χ2n) is 7.18. The SMILES string of the molecule is Cc1ccc(C2(O)CCN(C(=O)CCn3nnc4ccccc43)CC2)nc1. The number of amides is 1. The highest BCUT2D eigenvalue weighted by atomic mass is 16.3. The zero-order valence-electron chi connectivity index (χ0n) is 15.4. The predicted octanol–water partition coefficient (Wildman–Crippen LogP) is 2.04. The first-order valence-electron chi connectivity index (χ1n) is 9.27. The molecule has 1 fully saturated rings. The van der Waals surface area contributed by atoms with Crippen LogP contribution in [0.25, 0.3) is 11.0 Å². The highest BCUT2D eigenvalue weighted by molar-refractivity contribution is 5.77. The number of carbonyl (C=O) groups is 1. The fourth-order valence-corrected chi connectivity index (χ4v) is 3.57. The lowest BCUT2D eigenvalue weighted by molar-refractivity contribution is -0.136. The fourth-order valence-electron chi connectivity index (χ4n) is 3.57. The number of hydrogen-bond acceptors (Lipinski definition) is 5. The quantitative estimate of drug-likeness (QED) is 0.765. The molecule has 1 N–H and O–H groups in total. The maximum atomic E-state index is 12.6. The maximum Gasteiger partial charge on any atom is 0.224 e. The van der Waals surface area contributed by atoms with E-state index in [0.717, 1.165) is 16.6 Å². The van der Waals surface area contributed by atoms with E-state index in [-0.39, 0.29) is 5.91 Å². The van der Waals surface area contributed by atoms with Crippen molar-refractivity contribution >= 4 is 16.9 Å². The average Bonchev–Trinajstić information content (AvgIpc) is 3.10. The normalized spacial score (nSPS) is 16.6. The van der Waals surface area contributed by atoms with Gasteiger partial charge in [-0.2, -0.15) is 0 Å². The first kappa shape index (κ1) is 17.6. The van der Waals surface area contributed by atoms with Gasteiger partial charge in [-0.05, 0) is 43.5 Å². The van der Waals surface area contributed by atoms with Gasteiger partial charge in [0.15, 0.2) is 0 Å². The molecule has 7 heteroatoms. The lowest BCUT2D eigenvalue weighted by Gasteiger charge is -2.37. The second-order valence-corrected chi connectivity index (χ2v) is 7.18. The topological polar surface area (TPSA) is 84.1 Å². The van der Waals surface area contributed by atoms with Gasteiger partial charge < -0.3 is 10.0 Å². The van der Waals surface area contributed by atoms with E-state index in [0.29, 0.717) is 44.6 Å². The van der Waals surface area contributed by atoms with Crippen molar-refractivity contribution < 1.29 is 9.90 Å². The van der Waals surface area contributed by atoms with Crippen molar-refractivity contribution in [2.24, 2.45) is 0 Å². The predicted molar refractivity (Wildman–Crippen MR) is 101 cm³/mol. The molecule has 7 nitrogen and oxygen atoms in total. The summed E-state index contributed by atoms with van der Waals surface area (Å²) in [6.45, 7) is 3.53. The van der Waals surface area contributed by atoms with E-state index in [1.54, 1.807) is 10.9 Å². The molecule has 1 saturated heterocycles. The van der Waals surface area contributed by atoms with Crippen molar-refractivity contribution in [2.45, 2.75) is 38.3 Å². The number of likely N-dealkylation sites (tertiary alicyclic amines) is 1. The summed E-state index contributed by atoms with van der Waals surface area (Å²) in [5, 5.41) is 19.2. The lowest BCUT2D eigenvalue weighted by atomic mass is 9.87. The average molecular weight is 365 g/mol. The molecule has 0 aliphatic carbocycles. The van der Waals surface area contributed by atoms with Gasteiger partial charge in [-0.15, -0.1) is 5.10 Å². The van der Waals surface area contributed by atoms with E-state index in [2.05, 4.69) is 15.3 Å². The van der Waals surface area contributed by atoms with Gasteiger partial charge in [0.2, 0.25) is 5.91 Å². The Hall–Kier alpha value is -2.80. The van der Waals surface area contributed by atoms with Crippen molar-refractivity contribution in [1.82, 2.24) is 24.9 Å². The third-order valence-electron chi connectivity index (χ3n) is 5.29. The van der Waals surface area contributed by atoms with Crippen LogP contribution >= 0.6 is 0 Å². The van der Waals surface area contributed by atoms with Crippen LogP contribution < -0.4 is 0 Å². The summed E-state index contributed by atoms with van der Waals surface area (Å²) in [5.74, 6) is 0.0773. The Morgan fingerprint density at radius 3 is 2.70 bits per heavy atom. The monoisotopic (exact) mass is 365 g/mol. The Bertz CT molecular complexity index is 942. The van der Waals surface area contributed by atoms with Gasteiger partial charge in [-0.25, -0.2) is 4.68 Å². The zero-order chi connectivity index (χ0) is 18.9. The standard InChI is InChI=1S/C20H23N5O2/c1-15-6-7-18(21-14-15)20(27)9-12-24(13-10-20)19(26)8-11-25-17-5-3-2-4-16(17)22-23-25/h2-7,14,27H,8-13H2,1H3. The number of rotatable bonds is 4. The Morgan fingerprint density at radius 2 is 1.96 bits per heavy atom. The minimum absolute atomic E-state index is 0.0773. The molecule has 27 heavy (non-hydrogen) atoms. The van der Waals surface area contributed by atoms with Gasteiger partial charge in [0.1, 0.15) is 11.1 Å². The van der Waals surface area contributed by atoms with E-state index in [9.17, 15) is 9.90 Å². The molecule has 1 amide bonds. The van der Waals surface area contributed by atoms with Gasteiger partial charge in [0.05, 0.1) is 17.8 Å². The minimum Gasteiger partial charge on any atom is -0.383 e. The Kier molecular flexibility index (Phi) is 4.61. The van der Waals surface area contributed by atoms with Gasteiger partial charge in [0, 0.05) is 25.7 Å². The number of nitrogens with zero attached hydrogens (tertiary/aromatic N) is 5. The van der Waals surface area contributed by atoms with Crippen LogP contribution in [0.1, 0.15) is 30.5 Å². The fraction of sp³-hybridized carbons (Fsp3) is 0.400. The summed E-state index contributed by atoms with van der Waals surface area (Å²) >= 11 is 0. The van der Waals surface area contributed by atoms with Gasteiger partial charge in [-0.1, -0.05) is 23.4 Å². The van der Waals surface area contributed by atoms with E-state index in [4.69, 9.17) is 0 Å². The molecule has 0 radical (unpaired) electrons. The smallest absolute Gasteiger partial charge is 0.224 e. The highest BCUT2D eigenvalue weighted by Gasteiger charge is 2.36. The zero-order valence-corrected chi connectivity index (χ0v) is 15.4. The lowest BCUT2D eigenvalue weighted by Crippen LogP contribution is -2.45. The third-order valence-corrected chi connectivity index (χ3v) is 5.29. The number of benzene rings is 1. The number of aliphatic hydroxyl groups is 1. The summed E-state index contributed by atoms with van der Waals surface area (Å²) in [7, 11) is 0. The maximum absolute atomic E-state index is 12.6. The number of pyridine rings is 1. The first-order valence-corrected chi connectivity index (χ1v) is 9.27. The van der Waals surface area contributed by atoms with Crippen molar-refractivity contribution in [3.05, 3.63) is 53.9 Å². The van der Waals surface area contributed by atoms with Gasteiger partial charge in [0.25, 0.3) is 0 Å². The number of para-hydroxylation sites is 1. The van der Waals surface area contributed by atoms with Crippen LogP contribution in [0.5, 0.6) is 0 Å². The number of fused-ring (bicyclic) bond motifs is 1. The van der Waals surface area contributed by atoms with E-state index in [1.807, 2.05) is 48.2 Å². The van der Waals surface area contributed by atoms with Crippen LogP contribution in [-0.4, -0.2) is 49.0 Å². The molecule has 0 saturated carbocycles. The minimum atomic E-state index is -0.952. The molecule has 1 aliphatic rings. The van der Waals surface area contributed by atoms with Crippen LogP contribution in [0.3, 0.4) is 0 Å². The van der Waals surface area contributed by atoms with Crippen LogP contribution in [0.2, 0.25) is 0 Å². The number of piperidine rings is 1. The number of aromatic nitrogens is 4. The summed E-state index contributed by atoms with van der Waals surface area (Å²) in [4.78, 5) is 18.8. The van der Waals surface area contributed by atoms with Gasteiger partial charge in [-0.3, -0.25) is 9.78 Å². The summed E-state index contributed by atoms with van der Waals surface area (Å²) in [6.07, 6.45) is 3.14. The van der Waals surface area contributed by atoms with Crippen molar-refractivity contribution in [3.8, 4) is 0 Å². The van der Waals surface area contributed by atoms with E-state index in [1.165, 1.54) is 0 Å². The molecule has 1 aliphatic heterocycles. The van der Waals surface area contributed by atoms with Crippen LogP contribution in [-0.2, 0) is 16.9 Å². The van der Waals surface area contributed by atoms with Crippen molar-refractivity contribution in [2.75, 3.05) is 13.1 Å². The Morgan fingerprint density at radius 1 is 1.19 bits per heavy atom. The summed E-state index contributed by atoms with van der Waals surface area (Å²) in [6, 6.07) is 11.6. The van der Waals surface area contributed by atoms with Crippen molar-refractivity contribution in [1.29, 1.82) is 0 Å². The molecule has 3 aromatic rings. The Labute approximate surface area is 157 Å². The number of carbonyl (C=O) groups excluding carboxylic acids is 1. The summed E-state index contributed by atoms with van der Waals surface area (Å²) in [5.41, 5.74) is 2.57. The van der Waals surface area contributed by atoms with Crippen LogP contribution in [0.15, 0.2) is 42.6 Å². The molecule has 1 aromatic carbocycles. The molecule has 2 aromatic heterocycles. The first-order chi connectivity index (χ1) is 13.0. The molecular weight excluding hydrogens is 342 g/mol. The number of hydrogen-bond donors (Lipinski definition) is 1. The molecule has 0 spiro atoms. The van der Waals surface area contributed by atoms with Crippen LogP contribution in [0.4, 0.5) is 0 Å². The van der Waals surface area contributed by atoms with E-state index >= 15 is 0 Å². The largest absolute Gasteiger partial charge is 0.383 e. The molecule has 0 atom stereocenters. The highest BCUT2D eigenvalue weighted by Crippen LogP contribution is 2.31. The second kappa shape index (κ2) is 7.08. The molecular formula is C20H23N5O2. The van der Waals surface area contributed by atoms with Crippen LogP contribution in [0, 0.1) is 6.92 Å². The molecule has 4 rings (SSSR count). The molecule has 140 valence electrons. The Balaban J connectivity index is 1.35. The molecule has 0 unspecified atom stereocenters. The molecule has 0 bridgehead atoms. The number of aryl methyl sites for hydroxylation is 2. The van der Waals surface area contributed by atoms with E-state index < -0.39 is 5.60 Å². The summed E-state index contributed by atoms with van der Waals surface area (Å²) < 4.78 is 1.77. The van der Waals surface area contributed by atoms with Gasteiger partial charge >= 0.3 is 0 Å². The van der Waals surface area contributed by atoms with Crippen molar-refractivity contribution in [3.63, 3.8) is 0 Å².